The van der Waals surface area contributed by atoms with Gasteiger partial charge in [0.1, 0.15) is 10.1 Å². The summed E-state index contributed by atoms with van der Waals surface area (Å²) in [4.78, 5) is 24.8. The molecular formula is C32H49NaO7S. The Balaban J connectivity index is 0.0000160. The van der Waals surface area contributed by atoms with Crippen LogP contribution in [-0.2, 0) is 19.6 Å². The van der Waals surface area contributed by atoms with Gasteiger partial charge in [-0.2, -0.15) is 0 Å². The van der Waals surface area contributed by atoms with E-state index in [9.17, 15) is 22.6 Å². The van der Waals surface area contributed by atoms with E-state index in [1.165, 1.54) is 44.2 Å². The van der Waals surface area contributed by atoms with Gasteiger partial charge in [-0.25, -0.2) is 18.0 Å². The molecular weight excluding hydrogens is 551 g/mol. The van der Waals surface area contributed by atoms with E-state index < -0.39 is 32.5 Å². The quantitative estimate of drug-likeness (QED) is 0.0551. The minimum Gasteiger partial charge on any atom is -0.744 e. The minimum atomic E-state index is -5.00. The number of carbonyl (C=O) groups is 2. The van der Waals surface area contributed by atoms with Crippen LogP contribution in [0.5, 0.6) is 0 Å². The van der Waals surface area contributed by atoms with Crippen molar-refractivity contribution in [2.24, 2.45) is 0 Å². The van der Waals surface area contributed by atoms with Crippen molar-refractivity contribution < 1.29 is 61.6 Å². The standard InChI is InChI=1S/C32H50O7S.Na/c1-3-5-7-9-11-13-15-17-19-21-26-38-31(33)28-24-23-25-29(40(35,36)37)30(28)32(34)39-27-22-20-18-16-14-12-10-8-6-4-2;/h3-6,23-25H,7-22,26-27H2,1-2H3,(H,35,36,37);/q;+1/p-1/b5-3+,6-4+;. The number of allylic oxidation sites excluding steroid dienone is 4. The normalized spacial score (nSPS) is 11.6. The Morgan fingerprint density at radius 3 is 1.54 bits per heavy atom. The van der Waals surface area contributed by atoms with Crippen LogP contribution in [0.2, 0.25) is 0 Å². The first kappa shape index (κ1) is 39.5. The average molecular weight is 601 g/mol. The number of benzene rings is 1. The van der Waals surface area contributed by atoms with Gasteiger partial charge in [0.2, 0.25) is 0 Å². The Bertz CT molecular complexity index is 1020. The van der Waals surface area contributed by atoms with Gasteiger partial charge in [0.25, 0.3) is 0 Å². The third-order valence-corrected chi connectivity index (χ3v) is 7.57. The van der Waals surface area contributed by atoms with Crippen molar-refractivity contribution in [1.82, 2.24) is 0 Å². The van der Waals surface area contributed by atoms with Gasteiger partial charge in [-0.3, -0.25) is 0 Å². The van der Waals surface area contributed by atoms with E-state index >= 15 is 0 Å². The molecule has 0 atom stereocenters. The molecule has 0 aliphatic heterocycles. The SMILES string of the molecule is C/C=C/CCCCCCCCCOC(=O)c1cccc(S(=O)(=O)[O-])c1C(=O)OCCCCCCCCC/C=C/C.[Na+]. The van der Waals surface area contributed by atoms with Gasteiger partial charge < -0.3 is 14.0 Å². The molecule has 1 aromatic carbocycles. The summed E-state index contributed by atoms with van der Waals surface area (Å²) in [6.07, 6.45) is 25.2. The zero-order valence-electron chi connectivity index (χ0n) is 25.5. The van der Waals surface area contributed by atoms with Crippen molar-refractivity contribution >= 4 is 22.1 Å². The zero-order valence-corrected chi connectivity index (χ0v) is 28.4. The molecule has 0 saturated heterocycles. The molecule has 0 radical (unpaired) electrons. The summed E-state index contributed by atoms with van der Waals surface area (Å²) >= 11 is 0. The van der Waals surface area contributed by atoms with Crippen LogP contribution in [0.3, 0.4) is 0 Å². The van der Waals surface area contributed by atoms with Crippen molar-refractivity contribution in [2.45, 2.75) is 121 Å². The fourth-order valence-corrected chi connectivity index (χ4v) is 5.12. The smallest absolute Gasteiger partial charge is 0.744 e. The molecule has 0 unspecified atom stereocenters. The second kappa shape index (κ2) is 25.1. The van der Waals surface area contributed by atoms with Crippen LogP contribution in [0.15, 0.2) is 47.4 Å². The topological polar surface area (TPSA) is 110 Å². The Morgan fingerprint density at radius 1 is 0.683 bits per heavy atom. The average Bonchev–Trinajstić information content (AvgIpc) is 2.93. The van der Waals surface area contributed by atoms with Crippen molar-refractivity contribution in [3.63, 3.8) is 0 Å². The number of unbranched alkanes of at least 4 members (excludes halogenated alkanes) is 14. The van der Waals surface area contributed by atoms with Gasteiger partial charge in [0.05, 0.1) is 29.2 Å². The van der Waals surface area contributed by atoms with Crippen LogP contribution >= 0.6 is 0 Å². The molecule has 0 fully saturated rings. The van der Waals surface area contributed by atoms with Crippen LogP contribution in [0.4, 0.5) is 0 Å². The Kier molecular flexibility index (Phi) is 24.2. The molecule has 0 aliphatic rings. The van der Waals surface area contributed by atoms with Gasteiger partial charge in [0, 0.05) is 0 Å². The maximum atomic E-state index is 12.8. The summed E-state index contributed by atoms with van der Waals surface area (Å²) in [7, 11) is -5.00. The van der Waals surface area contributed by atoms with Crippen LogP contribution < -0.4 is 29.6 Å². The summed E-state index contributed by atoms with van der Waals surface area (Å²) in [6, 6.07) is 3.56. The fourth-order valence-electron chi connectivity index (χ4n) is 4.43. The zero-order chi connectivity index (χ0) is 29.5. The first-order valence-corrected chi connectivity index (χ1v) is 16.4. The number of carbonyl (C=O) groups excluding carboxylic acids is 2. The maximum Gasteiger partial charge on any atom is 1.00 e. The third kappa shape index (κ3) is 18.6. The van der Waals surface area contributed by atoms with Crippen molar-refractivity contribution in [2.75, 3.05) is 13.2 Å². The molecule has 41 heavy (non-hydrogen) atoms. The van der Waals surface area contributed by atoms with E-state index in [1.807, 2.05) is 13.8 Å². The Morgan fingerprint density at radius 2 is 1.10 bits per heavy atom. The summed E-state index contributed by atoms with van der Waals surface area (Å²) in [5.74, 6) is -1.84. The van der Waals surface area contributed by atoms with E-state index in [0.29, 0.717) is 12.8 Å². The molecule has 1 aromatic rings. The van der Waals surface area contributed by atoms with E-state index in [2.05, 4.69) is 24.3 Å². The van der Waals surface area contributed by atoms with Crippen molar-refractivity contribution in [3.05, 3.63) is 53.6 Å². The molecule has 0 amide bonds. The van der Waals surface area contributed by atoms with Gasteiger partial charge >= 0.3 is 41.5 Å². The molecule has 0 saturated carbocycles. The largest absolute Gasteiger partial charge is 1.00 e. The molecule has 0 aromatic heterocycles. The second-order valence-electron chi connectivity index (χ2n) is 10.1. The molecule has 0 spiro atoms. The van der Waals surface area contributed by atoms with E-state index in [4.69, 9.17) is 9.47 Å². The summed E-state index contributed by atoms with van der Waals surface area (Å²) < 4.78 is 46.1. The summed E-state index contributed by atoms with van der Waals surface area (Å²) in [6.45, 7) is 4.28. The number of esters is 2. The predicted molar refractivity (Wildman–Crippen MR) is 158 cm³/mol. The van der Waals surface area contributed by atoms with Crippen LogP contribution in [0.25, 0.3) is 0 Å². The van der Waals surface area contributed by atoms with Crippen LogP contribution in [-0.4, -0.2) is 38.1 Å². The molecule has 226 valence electrons. The molecule has 0 N–H and O–H groups in total. The molecule has 0 heterocycles. The molecule has 1 rings (SSSR count). The van der Waals surface area contributed by atoms with E-state index in [1.54, 1.807) is 0 Å². The first-order valence-electron chi connectivity index (χ1n) is 15.0. The van der Waals surface area contributed by atoms with Gasteiger partial charge in [0.15, 0.2) is 0 Å². The summed E-state index contributed by atoms with van der Waals surface area (Å²) in [5.41, 5.74) is -0.803. The minimum absolute atomic E-state index is 0. The van der Waals surface area contributed by atoms with E-state index in [0.717, 1.165) is 63.9 Å². The Hall–Kier alpha value is -1.45. The monoisotopic (exact) mass is 600 g/mol. The second-order valence-corrected chi connectivity index (χ2v) is 11.4. The molecule has 7 nitrogen and oxygen atoms in total. The predicted octanol–water partition coefficient (Wildman–Crippen LogP) is 5.30. The number of hydrogen-bond acceptors (Lipinski definition) is 7. The molecule has 9 heteroatoms. The maximum absolute atomic E-state index is 12.8. The first-order chi connectivity index (χ1) is 19.3. The van der Waals surface area contributed by atoms with Crippen molar-refractivity contribution in [3.8, 4) is 0 Å². The van der Waals surface area contributed by atoms with E-state index in [-0.39, 0.29) is 48.3 Å². The van der Waals surface area contributed by atoms with Gasteiger partial charge in [-0.05, 0) is 64.5 Å². The van der Waals surface area contributed by atoms with Crippen molar-refractivity contribution in [1.29, 1.82) is 0 Å². The number of ether oxygens (including phenoxy) is 2. The number of hydrogen-bond donors (Lipinski definition) is 0. The van der Waals surface area contributed by atoms with Gasteiger partial charge in [-0.1, -0.05) is 94.6 Å². The van der Waals surface area contributed by atoms with Crippen LogP contribution in [0, 0.1) is 0 Å². The fraction of sp³-hybridized carbons (Fsp3) is 0.625. The van der Waals surface area contributed by atoms with Gasteiger partial charge in [-0.15, -0.1) is 0 Å². The van der Waals surface area contributed by atoms with Crippen LogP contribution in [0.1, 0.15) is 137 Å². The number of rotatable bonds is 23. The molecule has 0 bridgehead atoms. The summed E-state index contributed by atoms with van der Waals surface area (Å²) in [5, 5.41) is 0. The Labute approximate surface area is 270 Å². The molecule has 0 aliphatic carbocycles. The third-order valence-electron chi connectivity index (χ3n) is 6.69.